The van der Waals surface area contributed by atoms with Crippen LogP contribution in [-0.4, -0.2) is 43.5 Å². The molecule has 5 nitrogen and oxygen atoms in total. The Morgan fingerprint density at radius 2 is 1.67 bits per heavy atom. The Labute approximate surface area is 176 Å². The summed E-state index contributed by atoms with van der Waals surface area (Å²) < 4.78 is 0. The van der Waals surface area contributed by atoms with Gasteiger partial charge in [0.25, 0.3) is 5.82 Å². The number of pyridine rings is 1. The maximum absolute atomic E-state index is 13.5. The zero-order valence-corrected chi connectivity index (χ0v) is 16.9. The lowest BCUT2D eigenvalue weighted by molar-refractivity contribution is -0.892. The van der Waals surface area contributed by atoms with Gasteiger partial charge in [-0.3, -0.25) is 9.69 Å². The molecule has 0 atom stereocenters. The third-order valence-corrected chi connectivity index (χ3v) is 5.96. The van der Waals surface area contributed by atoms with E-state index in [4.69, 9.17) is 0 Å². The van der Waals surface area contributed by atoms with Crippen molar-refractivity contribution in [2.75, 3.05) is 37.6 Å². The number of benzene rings is 2. The highest BCUT2D eigenvalue weighted by Gasteiger charge is 2.29. The van der Waals surface area contributed by atoms with Crippen LogP contribution in [-0.2, 0) is 0 Å². The molecule has 30 heavy (non-hydrogen) atoms. The number of para-hydroxylation sites is 1. The lowest BCUT2D eigenvalue weighted by Gasteiger charge is -2.27. The van der Waals surface area contributed by atoms with Crippen molar-refractivity contribution in [1.82, 2.24) is 4.98 Å². The van der Waals surface area contributed by atoms with E-state index in [-0.39, 0.29) is 5.78 Å². The zero-order valence-electron chi connectivity index (χ0n) is 16.9. The van der Waals surface area contributed by atoms with E-state index in [2.05, 4.69) is 39.1 Å². The van der Waals surface area contributed by atoms with Gasteiger partial charge in [-0.25, -0.2) is 4.98 Å². The number of fused-ring (bicyclic) bond motifs is 1. The average Bonchev–Trinajstić information content (AvgIpc) is 3.21. The number of anilines is 1. The summed E-state index contributed by atoms with van der Waals surface area (Å²) in [6.45, 7) is 4.33. The van der Waals surface area contributed by atoms with Crippen LogP contribution in [0, 0.1) is 0 Å². The predicted molar refractivity (Wildman–Crippen MR) is 119 cm³/mol. The number of rotatable bonds is 5. The Kier molecular flexibility index (Phi) is 5.03. The molecule has 4 aromatic rings. The van der Waals surface area contributed by atoms with Gasteiger partial charge in [-0.15, -0.1) is 0 Å². The van der Waals surface area contributed by atoms with Crippen molar-refractivity contribution in [3.63, 3.8) is 0 Å². The highest BCUT2D eigenvalue weighted by Crippen LogP contribution is 2.30. The molecule has 2 aromatic heterocycles. The van der Waals surface area contributed by atoms with E-state index in [1.54, 1.807) is 0 Å². The lowest BCUT2D eigenvalue weighted by atomic mass is 10.0. The number of nitrogens with zero attached hydrogens (tertiary/aromatic N) is 1. The molecule has 0 amide bonds. The topological polar surface area (TPSA) is 54.7 Å². The van der Waals surface area contributed by atoms with Gasteiger partial charge in [0.15, 0.2) is 0 Å². The van der Waals surface area contributed by atoms with Crippen molar-refractivity contribution in [3.05, 3.63) is 84.6 Å². The van der Waals surface area contributed by atoms with Crippen molar-refractivity contribution >= 4 is 22.5 Å². The van der Waals surface area contributed by atoms with Crippen LogP contribution in [0.5, 0.6) is 0 Å². The number of carbonyl (C=O) groups is 1. The maximum atomic E-state index is 13.5. The molecule has 5 heteroatoms. The number of hydrogen-bond acceptors (Lipinski definition) is 2. The second kappa shape index (κ2) is 8.13. The number of hydrogen-bond donors (Lipinski definition) is 2. The largest absolute Gasteiger partial charge is 0.354 e. The molecule has 0 radical (unpaired) electrons. The van der Waals surface area contributed by atoms with Gasteiger partial charge in [-0.05, 0) is 17.7 Å². The fraction of sp³-hybridized carbons (Fsp3) is 0.200. The first kappa shape index (κ1) is 18.6. The van der Waals surface area contributed by atoms with Crippen LogP contribution in [0.3, 0.4) is 0 Å². The molecule has 0 aliphatic carbocycles. The molecule has 0 spiro atoms. The fourth-order valence-corrected chi connectivity index (χ4v) is 4.39. The van der Waals surface area contributed by atoms with Gasteiger partial charge in [0, 0.05) is 17.0 Å². The number of aromatic nitrogens is 2. The summed E-state index contributed by atoms with van der Waals surface area (Å²) in [4.78, 5) is 24.0. The first-order valence-corrected chi connectivity index (χ1v) is 10.5. The number of carbonyl (C=O) groups excluding carboxylic acids is 1. The Morgan fingerprint density at radius 1 is 0.933 bits per heavy atom. The molecular weight excluding hydrogens is 372 g/mol. The Balaban J connectivity index is 1.37. The molecule has 0 unspecified atom stereocenters. The molecule has 3 N–H and O–H groups in total. The summed E-state index contributed by atoms with van der Waals surface area (Å²) in [5.74, 6) is 1.35. The maximum Gasteiger partial charge on any atom is 0.274 e. The van der Waals surface area contributed by atoms with Crippen LogP contribution in [0.4, 0.5) is 5.82 Å². The summed E-state index contributed by atoms with van der Waals surface area (Å²) in [6.07, 6.45) is 1.96. The molecule has 0 bridgehead atoms. The molecule has 150 valence electrons. The number of ketones is 1. The van der Waals surface area contributed by atoms with Crippen molar-refractivity contribution in [2.24, 2.45) is 0 Å². The minimum Gasteiger partial charge on any atom is -0.354 e. The monoisotopic (exact) mass is 398 g/mol. The zero-order chi connectivity index (χ0) is 20.3. The lowest BCUT2D eigenvalue weighted by Crippen LogP contribution is -3.15. The molecule has 1 aliphatic rings. The summed E-state index contributed by atoms with van der Waals surface area (Å²) in [6, 6.07) is 24.4. The first-order valence-electron chi connectivity index (χ1n) is 10.5. The SMILES string of the molecule is O=C(C[NH+]1CCN(c2cccc[nH+]2)CC1)c1c(-c2ccccc2)[nH]c2ccccc12. The first-order chi connectivity index (χ1) is 14.8. The molecule has 0 saturated carbocycles. The Morgan fingerprint density at radius 3 is 2.43 bits per heavy atom. The minimum absolute atomic E-state index is 0.209. The molecule has 1 fully saturated rings. The van der Waals surface area contributed by atoms with Crippen molar-refractivity contribution in [1.29, 1.82) is 0 Å². The van der Waals surface area contributed by atoms with Gasteiger partial charge in [-0.1, -0.05) is 54.6 Å². The number of aromatic amines is 2. The molecule has 1 saturated heterocycles. The van der Waals surface area contributed by atoms with Gasteiger partial charge < -0.3 is 9.88 Å². The van der Waals surface area contributed by atoms with Crippen LogP contribution in [0.1, 0.15) is 10.4 Å². The standard InChI is InChI=1S/C25H24N4O/c30-22(18-28-14-16-29(17-15-28)23-12-6-7-13-26-23)24-20-10-4-5-11-21(20)27-25(24)19-8-2-1-3-9-19/h1-13,27H,14-18H2/p+2. The van der Waals surface area contributed by atoms with E-state index in [1.807, 2.05) is 54.7 Å². The van der Waals surface area contributed by atoms with Gasteiger partial charge in [0.2, 0.25) is 5.78 Å². The molecule has 5 rings (SSSR count). The van der Waals surface area contributed by atoms with Crippen molar-refractivity contribution in [2.45, 2.75) is 0 Å². The summed E-state index contributed by atoms with van der Waals surface area (Å²) in [7, 11) is 0. The van der Waals surface area contributed by atoms with Crippen molar-refractivity contribution in [3.8, 4) is 11.3 Å². The van der Waals surface area contributed by atoms with E-state index in [9.17, 15) is 4.79 Å². The van der Waals surface area contributed by atoms with Crippen LogP contribution in [0.25, 0.3) is 22.2 Å². The smallest absolute Gasteiger partial charge is 0.274 e. The Bertz CT molecular complexity index is 1150. The summed E-state index contributed by atoms with van der Waals surface area (Å²) in [5.41, 5.74) is 3.82. The van der Waals surface area contributed by atoms with Gasteiger partial charge in [0.05, 0.1) is 17.5 Å². The van der Waals surface area contributed by atoms with E-state index in [1.165, 1.54) is 4.90 Å². The second-order valence-corrected chi connectivity index (χ2v) is 7.87. The second-order valence-electron chi connectivity index (χ2n) is 7.87. The van der Waals surface area contributed by atoms with Crippen LogP contribution >= 0.6 is 0 Å². The van der Waals surface area contributed by atoms with Crippen LogP contribution < -0.4 is 14.8 Å². The normalized spacial score (nSPS) is 14.9. The van der Waals surface area contributed by atoms with Crippen LogP contribution in [0.15, 0.2) is 79.0 Å². The van der Waals surface area contributed by atoms with E-state index < -0.39 is 0 Å². The molecular formula is C25H26N4O+2. The number of Topliss-reactive ketones (excluding diaryl/α,β-unsaturated/α-hetero) is 1. The van der Waals surface area contributed by atoms with Crippen LogP contribution in [0.2, 0.25) is 0 Å². The number of H-pyrrole nitrogens is 2. The number of quaternary nitrogens is 1. The van der Waals surface area contributed by atoms with Crippen molar-refractivity contribution < 1.29 is 14.7 Å². The summed E-state index contributed by atoms with van der Waals surface area (Å²) in [5, 5.41) is 1.01. The number of nitrogens with one attached hydrogen (secondary N) is 3. The summed E-state index contributed by atoms with van der Waals surface area (Å²) >= 11 is 0. The van der Waals surface area contributed by atoms with E-state index >= 15 is 0 Å². The average molecular weight is 399 g/mol. The molecule has 1 aliphatic heterocycles. The third-order valence-electron chi connectivity index (χ3n) is 5.96. The molecule has 3 heterocycles. The fourth-order valence-electron chi connectivity index (χ4n) is 4.39. The third kappa shape index (κ3) is 3.60. The number of piperazine rings is 1. The minimum atomic E-state index is 0.209. The highest BCUT2D eigenvalue weighted by molar-refractivity contribution is 6.13. The van der Waals surface area contributed by atoms with E-state index in [0.717, 1.165) is 59.7 Å². The van der Waals surface area contributed by atoms with Gasteiger partial charge in [0.1, 0.15) is 32.7 Å². The predicted octanol–water partition coefficient (Wildman–Crippen LogP) is 2.24. The quantitative estimate of drug-likeness (QED) is 0.507. The Hall–Kier alpha value is -3.44. The van der Waals surface area contributed by atoms with Gasteiger partial charge in [-0.2, -0.15) is 0 Å². The molecule has 2 aromatic carbocycles. The highest BCUT2D eigenvalue weighted by atomic mass is 16.1. The van der Waals surface area contributed by atoms with Gasteiger partial charge >= 0.3 is 0 Å². The van der Waals surface area contributed by atoms with E-state index in [0.29, 0.717) is 6.54 Å².